The van der Waals surface area contributed by atoms with Crippen molar-refractivity contribution in [1.29, 1.82) is 0 Å². The van der Waals surface area contributed by atoms with E-state index in [9.17, 15) is 4.79 Å². The molecule has 0 saturated carbocycles. The van der Waals surface area contributed by atoms with Crippen molar-refractivity contribution < 1.29 is 4.79 Å². The van der Waals surface area contributed by atoms with Gasteiger partial charge in [0.15, 0.2) is 0 Å². The standard InChI is InChI=1S/C11H14ClN3O/c1-13-10-6-8(9(12)7-14-10)11(16)15-4-2-3-5-15/h6-7H,2-5H2,1H3,(H,13,14). The average Bonchev–Trinajstić information content (AvgIpc) is 2.82. The molecule has 1 aliphatic rings. The van der Waals surface area contributed by atoms with Crippen LogP contribution >= 0.6 is 11.6 Å². The van der Waals surface area contributed by atoms with E-state index in [0.29, 0.717) is 16.4 Å². The molecule has 0 bridgehead atoms. The molecular formula is C11H14ClN3O. The summed E-state index contributed by atoms with van der Waals surface area (Å²) in [5.74, 6) is 0.661. The number of halogens is 1. The minimum Gasteiger partial charge on any atom is -0.373 e. The van der Waals surface area contributed by atoms with Gasteiger partial charge in [-0.05, 0) is 18.9 Å². The summed E-state index contributed by atoms with van der Waals surface area (Å²) in [7, 11) is 1.76. The summed E-state index contributed by atoms with van der Waals surface area (Å²) < 4.78 is 0. The van der Waals surface area contributed by atoms with Gasteiger partial charge in [0.25, 0.3) is 5.91 Å². The van der Waals surface area contributed by atoms with Gasteiger partial charge in [0.1, 0.15) is 5.82 Å². The number of amides is 1. The summed E-state index contributed by atoms with van der Waals surface area (Å²) in [4.78, 5) is 18.0. The molecule has 16 heavy (non-hydrogen) atoms. The van der Waals surface area contributed by atoms with Gasteiger partial charge in [-0.2, -0.15) is 0 Å². The van der Waals surface area contributed by atoms with Crippen molar-refractivity contribution in [2.75, 3.05) is 25.5 Å². The first-order valence-electron chi connectivity index (χ1n) is 5.35. The third kappa shape index (κ3) is 2.11. The van der Waals surface area contributed by atoms with Crippen LogP contribution in [0.15, 0.2) is 12.3 Å². The summed E-state index contributed by atoms with van der Waals surface area (Å²) >= 11 is 5.99. The first-order valence-corrected chi connectivity index (χ1v) is 5.72. The molecule has 4 nitrogen and oxygen atoms in total. The molecule has 1 amide bonds. The Morgan fingerprint density at radius 2 is 2.19 bits per heavy atom. The van der Waals surface area contributed by atoms with Crippen LogP contribution in [0.3, 0.4) is 0 Å². The molecule has 2 rings (SSSR count). The first kappa shape index (κ1) is 11.2. The molecule has 5 heteroatoms. The summed E-state index contributed by atoms with van der Waals surface area (Å²) in [6.07, 6.45) is 3.66. The molecule has 1 aromatic rings. The number of carbonyl (C=O) groups is 1. The van der Waals surface area contributed by atoms with Crippen LogP contribution in [-0.2, 0) is 0 Å². The van der Waals surface area contributed by atoms with Crippen molar-refractivity contribution in [2.45, 2.75) is 12.8 Å². The molecule has 0 aliphatic carbocycles. The Kier molecular flexibility index (Phi) is 3.29. The Morgan fingerprint density at radius 3 is 2.81 bits per heavy atom. The van der Waals surface area contributed by atoms with Crippen molar-refractivity contribution in [2.24, 2.45) is 0 Å². The van der Waals surface area contributed by atoms with E-state index in [1.54, 1.807) is 13.1 Å². The lowest BCUT2D eigenvalue weighted by atomic mass is 10.2. The summed E-state index contributed by atoms with van der Waals surface area (Å²) in [6, 6.07) is 1.70. The molecule has 0 spiro atoms. The Bertz CT molecular complexity index is 402. The fourth-order valence-corrected chi connectivity index (χ4v) is 2.01. The smallest absolute Gasteiger partial charge is 0.255 e. The molecule has 0 unspecified atom stereocenters. The fraction of sp³-hybridized carbons (Fsp3) is 0.455. The lowest BCUT2D eigenvalue weighted by molar-refractivity contribution is 0.0793. The van der Waals surface area contributed by atoms with Crippen molar-refractivity contribution in [1.82, 2.24) is 9.88 Å². The molecule has 1 N–H and O–H groups in total. The van der Waals surface area contributed by atoms with E-state index in [-0.39, 0.29) is 5.91 Å². The van der Waals surface area contributed by atoms with Crippen LogP contribution in [0.4, 0.5) is 5.82 Å². The minimum absolute atomic E-state index is 0.00130. The Morgan fingerprint density at radius 1 is 1.50 bits per heavy atom. The maximum atomic E-state index is 12.1. The highest BCUT2D eigenvalue weighted by molar-refractivity contribution is 6.33. The first-order chi connectivity index (χ1) is 7.72. The van der Waals surface area contributed by atoms with Crippen LogP contribution in [0.2, 0.25) is 5.02 Å². The number of hydrogen-bond acceptors (Lipinski definition) is 3. The molecule has 0 atom stereocenters. The van der Waals surface area contributed by atoms with Gasteiger partial charge in [0.2, 0.25) is 0 Å². The molecule has 0 aromatic carbocycles. The molecule has 86 valence electrons. The largest absolute Gasteiger partial charge is 0.373 e. The molecule has 1 aromatic heterocycles. The quantitative estimate of drug-likeness (QED) is 0.859. The van der Waals surface area contributed by atoms with E-state index in [0.717, 1.165) is 25.9 Å². The van der Waals surface area contributed by atoms with Gasteiger partial charge in [-0.25, -0.2) is 4.98 Å². The SMILES string of the molecule is CNc1cc(C(=O)N2CCCC2)c(Cl)cn1. The van der Waals surface area contributed by atoms with Gasteiger partial charge in [0.05, 0.1) is 10.6 Å². The zero-order chi connectivity index (χ0) is 11.5. The molecule has 2 heterocycles. The molecule has 1 saturated heterocycles. The third-order valence-electron chi connectivity index (χ3n) is 2.74. The number of nitrogens with zero attached hydrogens (tertiary/aromatic N) is 2. The zero-order valence-corrected chi connectivity index (χ0v) is 9.92. The zero-order valence-electron chi connectivity index (χ0n) is 9.16. The van der Waals surface area contributed by atoms with E-state index < -0.39 is 0 Å². The maximum absolute atomic E-state index is 12.1. The summed E-state index contributed by atoms with van der Waals surface area (Å²) in [6.45, 7) is 1.65. The van der Waals surface area contributed by atoms with Gasteiger partial charge >= 0.3 is 0 Å². The molecule has 1 fully saturated rings. The van der Waals surface area contributed by atoms with Crippen molar-refractivity contribution in [3.63, 3.8) is 0 Å². The average molecular weight is 240 g/mol. The van der Waals surface area contributed by atoms with Crippen LogP contribution in [0.1, 0.15) is 23.2 Å². The third-order valence-corrected chi connectivity index (χ3v) is 3.04. The Hall–Kier alpha value is -1.29. The lowest BCUT2D eigenvalue weighted by Gasteiger charge is -2.16. The lowest BCUT2D eigenvalue weighted by Crippen LogP contribution is -2.28. The van der Waals surface area contributed by atoms with Gasteiger partial charge in [0, 0.05) is 26.3 Å². The van der Waals surface area contributed by atoms with Gasteiger partial charge in [-0.1, -0.05) is 11.6 Å². The monoisotopic (exact) mass is 239 g/mol. The number of aromatic nitrogens is 1. The van der Waals surface area contributed by atoms with Crippen LogP contribution in [0.5, 0.6) is 0 Å². The second-order valence-electron chi connectivity index (χ2n) is 3.80. The summed E-state index contributed by atoms with van der Waals surface area (Å²) in [5.41, 5.74) is 0.530. The van der Waals surface area contributed by atoms with E-state index in [2.05, 4.69) is 10.3 Å². The molecule has 1 aliphatic heterocycles. The second-order valence-corrected chi connectivity index (χ2v) is 4.21. The van der Waals surface area contributed by atoms with E-state index in [4.69, 9.17) is 11.6 Å². The number of anilines is 1. The Labute approximate surface area is 99.6 Å². The number of hydrogen-bond donors (Lipinski definition) is 1. The predicted octanol–water partition coefficient (Wildman–Crippen LogP) is 2.01. The summed E-state index contributed by atoms with van der Waals surface area (Å²) in [5, 5.41) is 3.31. The van der Waals surface area contributed by atoms with Crippen LogP contribution in [0.25, 0.3) is 0 Å². The number of rotatable bonds is 2. The van der Waals surface area contributed by atoms with E-state index >= 15 is 0 Å². The van der Waals surface area contributed by atoms with Gasteiger partial charge in [-0.15, -0.1) is 0 Å². The second kappa shape index (κ2) is 4.70. The number of likely N-dealkylation sites (tertiary alicyclic amines) is 1. The van der Waals surface area contributed by atoms with Gasteiger partial charge < -0.3 is 10.2 Å². The number of carbonyl (C=O) groups excluding carboxylic acids is 1. The normalized spacial score (nSPS) is 15.2. The van der Waals surface area contributed by atoms with Crippen LogP contribution in [-0.4, -0.2) is 35.9 Å². The van der Waals surface area contributed by atoms with E-state index in [1.807, 2.05) is 4.90 Å². The number of pyridine rings is 1. The van der Waals surface area contributed by atoms with E-state index in [1.165, 1.54) is 6.20 Å². The predicted molar refractivity (Wildman–Crippen MR) is 63.9 cm³/mol. The molecule has 0 radical (unpaired) electrons. The fourth-order valence-electron chi connectivity index (χ4n) is 1.83. The number of nitrogens with one attached hydrogen (secondary N) is 1. The highest BCUT2D eigenvalue weighted by Crippen LogP contribution is 2.21. The minimum atomic E-state index is 0.00130. The highest BCUT2D eigenvalue weighted by Gasteiger charge is 2.21. The topological polar surface area (TPSA) is 45.2 Å². The highest BCUT2D eigenvalue weighted by atomic mass is 35.5. The van der Waals surface area contributed by atoms with Gasteiger partial charge in [-0.3, -0.25) is 4.79 Å². The van der Waals surface area contributed by atoms with Crippen LogP contribution in [0, 0.1) is 0 Å². The maximum Gasteiger partial charge on any atom is 0.255 e. The van der Waals surface area contributed by atoms with Crippen molar-refractivity contribution >= 4 is 23.3 Å². The van der Waals surface area contributed by atoms with Crippen LogP contribution < -0.4 is 5.32 Å². The van der Waals surface area contributed by atoms with Crippen molar-refractivity contribution in [3.05, 3.63) is 22.8 Å². The van der Waals surface area contributed by atoms with Crippen molar-refractivity contribution in [3.8, 4) is 0 Å². The Balaban J connectivity index is 2.27. The molecular weight excluding hydrogens is 226 g/mol.